The van der Waals surface area contributed by atoms with E-state index in [9.17, 15) is 92.0 Å². The van der Waals surface area contributed by atoms with Crippen LogP contribution in [0.15, 0.2) is 152 Å². The quantitative estimate of drug-likeness (QED) is 0.0127. The van der Waals surface area contributed by atoms with Crippen molar-refractivity contribution in [1.82, 2.24) is 52.5 Å². The monoisotopic (exact) mass is 1950 g/mol. The number of rotatable bonds is 38. The number of fused-ring (bicyclic) bond motifs is 10. The van der Waals surface area contributed by atoms with Gasteiger partial charge in [-0.05, 0) is 110 Å². The van der Waals surface area contributed by atoms with Gasteiger partial charge in [-0.2, -0.15) is 0 Å². The van der Waals surface area contributed by atoms with Crippen molar-refractivity contribution in [3.63, 3.8) is 0 Å². The number of nitrogens with one attached hydrogen (secondary N) is 9. The van der Waals surface area contributed by atoms with Gasteiger partial charge in [-0.25, -0.2) is 24.4 Å². The number of Topliss-reactive ketones (excluding diaryl/α,β-unsaturated/α-hetero) is 4. The van der Waals surface area contributed by atoms with Crippen LogP contribution in [0.4, 0.5) is 14.7 Å². The van der Waals surface area contributed by atoms with Crippen molar-refractivity contribution in [2.24, 2.45) is 29.6 Å². The van der Waals surface area contributed by atoms with Crippen molar-refractivity contribution < 1.29 is 120 Å². The van der Waals surface area contributed by atoms with Crippen molar-refractivity contribution in [3.05, 3.63) is 206 Å². The Morgan fingerprint density at radius 3 is 1.80 bits per heavy atom. The molecule has 2 aromatic heterocycles. The number of amides is 8. The third-order valence-electron chi connectivity index (χ3n) is 24.8. The summed E-state index contributed by atoms with van der Waals surface area (Å²) in [6, 6.07) is 37.7. The predicted octanol–water partition coefficient (Wildman–Crippen LogP) is 9.39. The number of carbonyl (C=O) groups is 16. The van der Waals surface area contributed by atoms with Gasteiger partial charge in [0.1, 0.15) is 36.8 Å². The van der Waals surface area contributed by atoms with E-state index in [0.717, 1.165) is 80.5 Å². The summed E-state index contributed by atoms with van der Waals surface area (Å²) in [5.74, 6) is -14.0. The number of carboxylic acid groups (broad SMARTS) is 2. The number of aliphatic carboxylic acids is 2. The molecule has 2 aliphatic carbocycles. The number of thiazole rings is 2. The highest BCUT2D eigenvalue weighted by molar-refractivity contribution is 7.15. The van der Waals surface area contributed by atoms with Crippen molar-refractivity contribution in [2.75, 3.05) is 73.1 Å². The number of carbonyl (C=O) groups excluding carboxylic acids is 14. The maximum Gasteiger partial charge on any atom is 0.407 e. The molecule has 10 atom stereocenters. The summed E-state index contributed by atoms with van der Waals surface area (Å²) in [4.78, 5) is 222. The number of alkyl carbamates (subject to hydrolysis) is 2. The fourth-order valence-corrected chi connectivity index (χ4v) is 18.2. The van der Waals surface area contributed by atoms with Crippen molar-refractivity contribution in [2.45, 2.75) is 179 Å². The molecule has 3 aliphatic rings. The average molecular weight is 1950 g/mol. The lowest BCUT2D eigenvalue weighted by Gasteiger charge is -2.26. The van der Waals surface area contributed by atoms with Crippen LogP contribution in [0, 0.1) is 29.6 Å². The second kappa shape index (κ2) is 53.0. The highest BCUT2D eigenvalue weighted by Gasteiger charge is 2.39. The largest absolute Gasteiger partial charge is 0.497 e. The highest BCUT2D eigenvalue weighted by atomic mass is 32.1. The van der Waals surface area contributed by atoms with Gasteiger partial charge in [0.15, 0.2) is 28.3 Å². The number of aliphatic hydroxyl groups is 1. The molecule has 0 fully saturated rings. The number of ketones is 4. The number of anilines is 1. The Hall–Kier alpha value is -14.1. The fraction of sp³-hybridized carbons (Fsp3) is 0.426. The molecule has 6 aromatic carbocycles. The number of methoxy groups -OCH3 is 4. The van der Waals surface area contributed by atoms with Gasteiger partial charge in [-0.15, -0.1) is 11.3 Å². The minimum Gasteiger partial charge on any atom is -0.497 e. The Balaban J connectivity index is 0.000000287. The summed E-state index contributed by atoms with van der Waals surface area (Å²) in [5, 5.41) is 53.7. The van der Waals surface area contributed by atoms with E-state index in [1.165, 1.54) is 24.6 Å². The fourth-order valence-electron chi connectivity index (χ4n) is 16.6. The first kappa shape index (κ1) is 107. The lowest BCUT2D eigenvalue weighted by atomic mass is 9.84. The lowest BCUT2D eigenvalue weighted by Crippen LogP contribution is -2.54. The van der Waals surface area contributed by atoms with Crippen LogP contribution in [-0.2, 0) is 118 Å². The molecule has 4 bridgehead atoms. The molecule has 12 N–H and O–H groups in total. The summed E-state index contributed by atoms with van der Waals surface area (Å²) in [7, 11) is 5.37. The van der Waals surface area contributed by atoms with Gasteiger partial charge in [0.25, 0.3) is 0 Å². The molecule has 11 rings (SSSR count). The van der Waals surface area contributed by atoms with Crippen LogP contribution >= 0.6 is 22.7 Å². The van der Waals surface area contributed by atoms with Gasteiger partial charge in [0, 0.05) is 125 Å². The van der Waals surface area contributed by atoms with Crippen LogP contribution in [0.3, 0.4) is 0 Å². The maximum atomic E-state index is 14.6. The first-order chi connectivity index (χ1) is 66.8. The lowest BCUT2D eigenvalue weighted by molar-refractivity contribution is -0.145. The molecule has 3 heterocycles. The zero-order chi connectivity index (χ0) is 100. The van der Waals surface area contributed by atoms with E-state index < -0.39 is 187 Å². The van der Waals surface area contributed by atoms with E-state index in [1.807, 2.05) is 117 Å². The van der Waals surface area contributed by atoms with Crippen LogP contribution < -0.4 is 57.3 Å². The van der Waals surface area contributed by atoms with Gasteiger partial charge in [-0.3, -0.25) is 62.3 Å². The Kier molecular flexibility index (Phi) is 40.7. The van der Waals surface area contributed by atoms with Gasteiger partial charge in [-0.1, -0.05) is 173 Å². The van der Waals surface area contributed by atoms with E-state index in [1.54, 1.807) is 63.6 Å². The second-order valence-corrected chi connectivity index (χ2v) is 36.5. The van der Waals surface area contributed by atoms with Gasteiger partial charge in [0.2, 0.25) is 35.4 Å². The molecule has 2 unspecified atom stereocenters. The number of benzene rings is 6. The molecule has 740 valence electrons. The Labute approximate surface area is 812 Å². The van der Waals surface area contributed by atoms with E-state index in [4.69, 9.17) is 28.4 Å². The van der Waals surface area contributed by atoms with Crippen LogP contribution in [0.5, 0.6) is 11.5 Å². The number of hydrogen-bond donors (Lipinski definition) is 12. The van der Waals surface area contributed by atoms with E-state index >= 15 is 0 Å². The summed E-state index contributed by atoms with van der Waals surface area (Å²) in [5.41, 5.74) is 10.4. The maximum absolute atomic E-state index is 14.6. The Morgan fingerprint density at radius 1 is 0.604 bits per heavy atom. The summed E-state index contributed by atoms with van der Waals surface area (Å²) in [6.45, 7) is 5.36. The molecule has 0 spiro atoms. The third-order valence-corrected chi connectivity index (χ3v) is 26.8. The molecular formula is C101H119N11O25S2. The number of aromatic nitrogens is 2. The molecule has 1 aliphatic heterocycles. The highest BCUT2D eigenvalue weighted by Crippen LogP contribution is 2.46. The van der Waals surface area contributed by atoms with Gasteiger partial charge >= 0.3 is 36.1 Å². The van der Waals surface area contributed by atoms with Crippen LogP contribution in [0.25, 0.3) is 22.3 Å². The molecule has 0 saturated heterocycles. The molecule has 36 nitrogen and oxygen atoms in total. The van der Waals surface area contributed by atoms with Crippen LogP contribution in [0.2, 0.25) is 0 Å². The third kappa shape index (κ3) is 31.2. The Morgan fingerprint density at radius 2 is 1.22 bits per heavy atom. The average Bonchev–Trinajstić information content (AvgIpc) is 1.62. The van der Waals surface area contributed by atoms with Crippen molar-refractivity contribution >= 4 is 122 Å². The second-order valence-electron chi connectivity index (χ2n) is 34.2. The number of nitrogens with zero attached hydrogens (tertiary/aromatic N) is 2. The van der Waals surface area contributed by atoms with Crippen molar-refractivity contribution in [1.29, 1.82) is 0 Å². The summed E-state index contributed by atoms with van der Waals surface area (Å²) < 4.78 is 32.1. The molecule has 8 amide bonds. The van der Waals surface area contributed by atoms with Crippen LogP contribution in [-0.4, -0.2) is 218 Å². The smallest absolute Gasteiger partial charge is 0.407 e. The van der Waals surface area contributed by atoms with E-state index in [2.05, 4.69) is 57.8 Å². The number of carboxylic acids is 2. The van der Waals surface area contributed by atoms with Gasteiger partial charge < -0.3 is 91.6 Å². The molecule has 0 radical (unpaired) electrons. The SMILES string of the molecule is CCC(C)[C@@H]1CC(=O)[C@@H](NC(=O)OCC2c3ccccc3-c3ccccc32)Cc2ccc(OC)c(c2)Cc2cnc(s2)CCC(=O)NCC(C(=O)O)NC(=O)[C@H](CCC(=O)OC)CC(=O)CNC1=O.CC[C@H](C)[C@H](NC(=O)[C@H](Cc1ccc(OC)cc1)NC(=O)OCC1c2ccccc2-c2ccccc21)C(=O)CCC(=O)N[C@@H](CCC(=O)OC)C(=O)C[C@@H](CNC(=O)CNc1ncc(CO)s1)C(=O)O. The van der Waals surface area contributed by atoms with Gasteiger partial charge in [0.05, 0.1) is 82.1 Å². The van der Waals surface area contributed by atoms with E-state index in [-0.39, 0.29) is 108 Å². The molecular weight excluding hydrogens is 1830 g/mol. The molecule has 0 saturated carbocycles. The molecule has 8 aromatic rings. The topological polar surface area (TPSA) is 523 Å². The first-order valence-electron chi connectivity index (χ1n) is 46.0. The Bertz CT molecular complexity index is 5620. The first-order valence-corrected chi connectivity index (χ1v) is 47.6. The van der Waals surface area contributed by atoms with Crippen LogP contribution in [0.1, 0.15) is 170 Å². The number of aliphatic hydroxyl groups excluding tert-OH is 1. The molecule has 139 heavy (non-hydrogen) atoms. The number of hydrogen-bond acceptors (Lipinski definition) is 28. The zero-order valence-corrected chi connectivity index (χ0v) is 80.3. The summed E-state index contributed by atoms with van der Waals surface area (Å²) >= 11 is 2.51. The van der Waals surface area contributed by atoms with Crippen molar-refractivity contribution in [3.8, 4) is 33.8 Å². The number of aryl methyl sites for hydroxylation is 1. The zero-order valence-electron chi connectivity index (χ0n) is 78.7. The predicted molar refractivity (Wildman–Crippen MR) is 512 cm³/mol. The summed E-state index contributed by atoms with van der Waals surface area (Å²) in [6.07, 6.45) is -0.0904. The minimum atomic E-state index is -1.57. The number of ether oxygens (including phenoxy) is 6. The standard InChI is InChI=1S/C51H59N5O12S.C50H60N6O13S/c1-5-29(2)39-24-43(58)41(56-51(65)68-28-40-37-12-8-6-10-35(37)36-11-7-9-13-38(36)40)21-30-14-16-44(66-3)32(20-30)23-34-26-53-46(69-34)18-17-45(59)52-27-42(50(63)64)55-48(61)31(15-19-47(60)67-4)22-33(57)25-54-49(39)62;1-5-29(2)46(41(58)19-20-43(60)54-39(18-21-45(62)68-4)42(59)23-31(48(64)65)24-51-44(61)26-53-49-52-25-33(27-57)70-49)56-47(63)40(22-30-14-16-32(67-3)17-15-30)55-50(66)69-28-38-36-12-8-6-10-34(36)35-11-7-9-13-37(35)38/h6-14,16,20,26,29,31,39-42H,5,15,17-19,21-25,27-28H2,1-4H3,(H,52,59)(H,54,62)(H,55,61)(H,56,65)(H,63,64);6-17,25,29,31,38-40,46,57H,5,18-24,26-28H2,1-4H3,(H,51,61)(H,52,53)(H,54,60)(H,55,66)(H,56,63)(H,64,65)/t29?,31-,39+,41+,42?;29-,31-,39-,40-,46-/m10/s1. The normalized spacial score (nSPS) is 17.0. The molecule has 38 heteroatoms. The van der Waals surface area contributed by atoms with E-state index in [0.29, 0.717) is 56.9 Å². The minimum absolute atomic E-state index is 0.00136. The number of esters is 2.